The Morgan fingerprint density at radius 2 is 2.21 bits per heavy atom. The van der Waals surface area contributed by atoms with Gasteiger partial charge < -0.3 is 4.74 Å². The minimum atomic E-state index is 0.155. The third-order valence-corrected chi connectivity index (χ3v) is 2.42. The largest absolute Gasteiger partial charge is 0.366 e. The number of ether oxygens (including phenoxy) is 1. The van der Waals surface area contributed by atoms with Crippen LogP contribution in [0.3, 0.4) is 0 Å². The topological polar surface area (TPSA) is 38.3 Å². The molecule has 3 rings (SSSR count). The molecule has 0 saturated carbocycles. The second-order valence-electron chi connectivity index (χ2n) is 3.25. The van der Waals surface area contributed by atoms with E-state index in [1.807, 2.05) is 12.1 Å². The number of rotatable bonds is 1. The first-order valence-electron chi connectivity index (χ1n) is 4.37. The van der Waals surface area contributed by atoms with E-state index in [-0.39, 0.29) is 6.10 Å². The van der Waals surface area contributed by atoms with E-state index in [0.717, 1.165) is 23.3 Å². The van der Waals surface area contributed by atoms with Crippen molar-refractivity contribution in [3.05, 3.63) is 35.1 Å². The average Bonchev–Trinajstić information content (AvgIpc) is 3.00. The van der Waals surface area contributed by atoms with Crippen molar-refractivity contribution in [2.75, 3.05) is 6.61 Å². The smallest absolute Gasteiger partial charge is 0.124 e. The fourth-order valence-corrected chi connectivity index (χ4v) is 1.54. The first kappa shape index (κ1) is 8.15. The molecular weight excluding hydrogens is 200 g/mol. The van der Waals surface area contributed by atoms with E-state index in [4.69, 9.17) is 16.3 Å². The van der Waals surface area contributed by atoms with Gasteiger partial charge in [0.15, 0.2) is 0 Å². The fourth-order valence-electron chi connectivity index (χ4n) is 1.37. The number of fused-ring (bicyclic) bond motifs is 1. The van der Waals surface area contributed by atoms with Crippen molar-refractivity contribution in [1.82, 2.24) is 9.97 Å². The molecule has 1 aliphatic heterocycles. The maximum atomic E-state index is 5.84. The third-order valence-electron chi connectivity index (χ3n) is 2.19. The van der Waals surface area contributed by atoms with Crippen LogP contribution in [0.4, 0.5) is 0 Å². The Balaban J connectivity index is 2.18. The van der Waals surface area contributed by atoms with Crippen LogP contribution in [-0.2, 0) is 4.74 Å². The van der Waals surface area contributed by atoms with E-state index in [0.29, 0.717) is 5.02 Å². The Morgan fingerprint density at radius 3 is 3.00 bits per heavy atom. The summed E-state index contributed by atoms with van der Waals surface area (Å²) in [6, 6.07) is 5.49. The second-order valence-corrected chi connectivity index (χ2v) is 3.69. The van der Waals surface area contributed by atoms with Crippen LogP contribution in [0, 0.1) is 0 Å². The van der Waals surface area contributed by atoms with Gasteiger partial charge in [-0.1, -0.05) is 11.6 Å². The van der Waals surface area contributed by atoms with Gasteiger partial charge in [0.1, 0.15) is 6.10 Å². The lowest BCUT2D eigenvalue weighted by atomic mass is 10.2. The molecule has 1 aromatic heterocycles. The van der Waals surface area contributed by atoms with E-state index in [1.165, 1.54) is 0 Å². The van der Waals surface area contributed by atoms with Crippen molar-refractivity contribution in [2.45, 2.75) is 6.10 Å². The summed E-state index contributed by atoms with van der Waals surface area (Å²) in [5, 5.41) is 0.683. The molecule has 1 fully saturated rings. The second kappa shape index (κ2) is 2.90. The number of hydrogen-bond donors (Lipinski definition) is 0. The predicted octanol–water partition coefficient (Wildman–Crippen LogP) is 2.35. The SMILES string of the molecule is Clc1ccc2nc(C3CO3)cnc2c1. The molecule has 1 aromatic carbocycles. The third kappa shape index (κ3) is 1.35. The van der Waals surface area contributed by atoms with Crippen LogP contribution in [-0.4, -0.2) is 16.6 Å². The van der Waals surface area contributed by atoms with Crippen LogP contribution in [0.25, 0.3) is 11.0 Å². The van der Waals surface area contributed by atoms with E-state index in [9.17, 15) is 0 Å². The zero-order valence-electron chi connectivity index (χ0n) is 7.27. The minimum Gasteiger partial charge on any atom is -0.366 e. The standard InChI is InChI=1S/C10H7ClN2O/c11-6-1-2-7-8(3-6)12-4-9(13-7)10-5-14-10/h1-4,10H,5H2. The van der Waals surface area contributed by atoms with Crippen LogP contribution in [0.2, 0.25) is 5.02 Å². The molecule has 1 unspecified atom stereocenters. The van der Waals surface area contributed by atoms with Crippen molar-refractivity contribution >= 4 is 22.6 Å². The summed E-state index contributed by atoms with van der Waals surface area (Å²) in [7, 11) is 0. The monoisotopic (exact) mass is 206 g/mol. The highest BCUT2D eigenvalue weighted by molar-refractivity contribution is 6.31. The van der Waals surface area contributed by atoms with Crippen LogP contribution in [0.5, 0.6) is 0 Å². The molecule has 2 heterocycles. The van der Waals surface area contributed by atoms with Crippen molar-refractivity contribution in [3.63, 3.8) is 0 Å². The molecule has 0 radical (unpaired) electrons. The van der Waals surface area contributed by atoms with Crippen molar-refractivity contribution in [1.29, 1.82) is 0 Å². The molecule has 0 N–H and O–H groups in total. The van der Waals surface area contributed by atoms with Crippen LogP contribution in [0.15, 0.2) is 24.4 Å². The molecule has 0 spiro atoms. The number of aromatic nitrogens is 2. The number of benzene rings is 1. The maximum absolute atomic E-state index is 5.84. The Bertz CT molecular complexity index is 496. The van der Waals surface area contributed by atoms with E-state index < -0.39 is 0 Å². The van der Waals surface area contributed by atoms with Gasteiger partial charge in [-0.05, 0) is 18.2 Å². The average molecular weight is 207 g/mol. The first-order valence-corrected chi connectivity index (χ1v) is 4.74. The van der Waals surface area contributed by atoms with Crippen LogP contribution < -0.4 is 0 Å². The molecule has 0 amide bonds. The molecule has 3 nitrogen and oxygen atoms in total. The van der Waals surface area contributed by atoms with Gasteiger partial charge in [-0.3, -0.25) is 4.98 Å². The molecular formula is C10H7ClN2O. The molecule has 4 heteroatoms. The van der Waals surface area contributed by atoms with Crippen LogP contribution in [0.1, 0.15) is 11.8 Å². The highest BCUT2D eigenvalue weighted by atomic mass is 35.5. The summed E-state index contributed by atoms with van der Waals surface area (Å²) < 4.78 is 5.14. The summed E-state index contributed by atoms with van der Waals surface area (Å²) in [4.78, 5) is 8.71. The number of nitrogens with zero attached hydrogens (tertiary/aromatic N) is 2. The lowest BCUT2D eigenvalue weighted by Crippen LogP contribution is -1.90. The Morgan fingerprint density at radius 1 is 1.36 bits per heavy atom. The lowest BCUT2D eigenvalue weighted by Gasteiger charge is -1.99. The van der Waals surface area contributed by atoms with Crippen molar-refractivity contribution in [2.24, 2.45) is 0 Å². The molecule has 1 aliphatic rings. The van der Waals surface area contributed by atoms with Crippen molar-refractivity contribution < 1.29 is 4.74 Å². The van der Waals surface area contributed by atoms with Gasteiger partial charge in [-0.25, -0.2) is 4.98 Å². The minimum absolute atomic E-state index is 0.155. The summed E-state index contributed by atoms with van der Waals surface area (Å²) in [6.45, 7) is 0.758. The summed E-state index contributed by atoms with van der Waals surface area (Å²) in [5.74, 6) is 0. The lowest BCUT2D eigenvalue weighted by molar-refractivity contribution is 0.411. The molecule has 1 atom stereocenters. The van der Waals surface area contributed by atoms with Crippen molar-refractivity contribution in [3.8, 4) is 0 Å². The zero-order chi connectivity index (χ0) is 9.54. The maximum Gasteiger partial charge on any atom is 0.124 e. The molecule has 14 heavy (non-hydrogen) atoms. The van der Waals surface area contributed by atoms with Gasteiger partial charge in [0.2, 0.25) is 0 Å². The zero-order valence-corrected chi connectivity index (χ0v) is 8.03. The van der Waals surface area contributed by atoms with Crippen LogP contribution >= 0.6 is 11.6 Å². The number of epoxide rings is 1. The Hall–Kier alpha value is -1.19. The highest BCUT2D eigenvalue weighted by Gasteiger charge is 2.26. The van der Waals surface area contributed by atoms with E-state index >= 15 is 0 Å². The quantitative estimate of drug-likeness (QED) is 0.673. The molecule has 0 bridgehead atoms. The highest BCUT2D eigenvalue weighted by Crippen LogP contribution is 2.28. The predicted molar refractivity (Wildman–Crippen MR) is 53.2 cm³/mol. The van der Waals surface area contributed by atoms with E-state index in [1.54, 1.807) is 12.3 Å². The Kier molecular flexibility index (Phi) is 1.69. The fraction of sp³-hybridized carbons (Fsp3) is 0.200. The van der Waals surface area contributed by atoms with E-state index in [2.05, 4.69) is 9.97 Å². The van der Waals surface area contributed by atoms with Gasteiger partial charge in [-0.15, -0.1) is 0 Å². The molecule has 70 valence electrons. The van der Waals surface area contributed by atoms with Gasteiger partial charge in [0, 0.05) is 5.02 Å². The van der Waals surface area contributed by atoms with Gasteiger partial charge >= 0.3 is 0 Å². The number of halogens is 1. The Labute approximate surface area is 85.7 Å². The first-order chi connectivity index (χ1) is 6.83. The molecule has 1 saturated heterocycles. The summed E-state index contributed by atoms with van der Waals surface area (Å²) in [6.07, 6.45) is 1.90. The van der Waals surface area contributed by atoms with Gasteiger partial charge in [0.25, 0.3) is 0 Å². The summed E-state index contributed by atoms with van der Waals surface area (Å²) >= 11 is 5.84. The normalized spacial score (nSPS) is 19.9. The summed E-state index contributed by atoms with van der Waals surface area (Å²) in [5.41, 5.74) is 2.59. The molecule has 2 aromatic rings. The van der Waals surface area contributed by atoms with Gasteiger partial charge in [0.05, 0.1) is 29.5 Å². The van der Waals surface area contributed by atoms with Gasteiger partial charge in [-0.2, -0.15) is 0 Å². The molecule has 0 aliphatic carbocycles. The number of hydrogen-bond acceptors (Lipinski definition) is 3.